The van der Waals surface area contributed by atoms with Gasteiger partial charge in [-0.2, -0.15) is 17.5 Å². The topological polar surface area (TPSA) is 20.7 Å². The number of aromatic nitrogens is 2. The number of hydrogen-bond acceptors (Lipinski definition) is 0. The van der Waals surface area contributed by atoms with Crippen LogP contribution >= 0.6 is 11.1 Å². The van der Waals surface area contributed by atoms with Crippen molar-refractivity contribution < 1.29 is 18.9 Å². The molecule has 0 radical (unpaired) electrons. The Bertz CT molecular complexity index is 408. The Morgan fingerprint density at radius 2 is 1.19 bits per heavy atom. The van der Waals surface area contributed by atoms with E-state index < -0.39 is 15.6 Å². The smallest absolute Gasteiger partial charge is 0.381 e. The first kappa shape index (κ1) is 36.7. The molecule has 0 saturated heterocycles. The van der Waals surface area contributed by atoms with Gasteiger partial charge in [-0.3, -0.25) is 0 Å². The molecule has 0 fully saturated rings. The molecule has 0 aliphatic heterocycles. The van der Waals surface area contributed by atoms with E-state index in [1.807, 2.05) is 24.5 Å². The molecule has 2 nitrogen and oxygen atoms in total. The normalized spacial score (nSPS) is 9.12. The van der Waals surface area contributed by atoms with Crippen molar-refractivity contribution in [2.75, 3.05) is 0 Å². The number of hydrogen-bond donors (Lipinski definition) is 1. The summed E-state index contributed by atoms with van der Waals surface area (Å²) in [5, 5.41) is 0. The average molecular weight is 411 g/mol. The van der Waals surface area contributed by atoms with E-state index in [1.54, 1.807) is 0 Å². The molecule has 150 valence electrons. The molecule has 0 amide bonds. The second-order valence-electron chi connectivity index (χ2n) is 7.07. The molecule has 6 heteroatoms. The Balaban J connectivity index is -0.0000000766. The van der Waals surface area contributed by atoms with Crippen molar-refractivity contribution in [3.63, 3.8) is 0 Å². The Morgan fingerprint density at radius 3 is 1.31 bits per heavy atom. The van der Waals surface area contributed by atoms with Crippen LogP contribution in [0.5, 0.6) is 0 Å². The number of unbranched alkanes of at least 4 members (excludes halogenated alkanes) is 1. The van der Waals surface area contributed by atoms with Gasteiger partial charge in [-0.1, -0.05) is 67.5 Å². The predicted octanol–water partition coefficient (Wildman–Crippen LogP) is 5.14. The SMILES string of the molecule is C.C.C[Si](C)(C)Cl.C[Si](C)(C)n1cccc1.[CH2-]CCC.[Li+].c1cc[nH]c1. The van der Waals surface area contributed by atoms with Crippen molar-refractivity contribution in [3.05, 3.63) is 56.0 Å². The summed E-state index contributed by atoms with van der Waals surface area (Å²) >= 11 is 5.67. The molecule has 1 N–H and O–H groups in total. The van der Waals surface area contributed by atoms with Crippen LogP contribution in [-0.2, 0) is 0 Å². The molecular formula is C20H44ClLiN2Si2. The van der Waals surface area contributed by atoms with Crippen LogP contribution in [0, 0.1) is 6.92 Å². The van der Waals surface area contributed by atoms with Gasteiger partial charge in [0.15, 0.2) is 8.24 Å². The van der Waals surface area contributed by atoms with E-state index in [0.29, 0.717) is 0 Å². The van der Waals surface area contributed by atoms with Crippen LogP contribution in [0.15, 0.2) is 49.1 Å². The van der Waals surface area contributed by atoms with Gasteiger partial charge in [-0.05, 0) is 36.7 Å². The maximum atomic E-state index is 5.67. The third-order valence-electron chi connectivity index (χ3n) is 2.23. The monoisotopic (exact) mass is 410 g/mol. The molecule has 0 bridgehead atoms. The van der Waals surface area contributed by atoms with Crippen LogP contribution in [0.3, 0.4) is 0 Å². The van der Waals surface area contributed by atoms with Gasteiger partial charge in [0.05, 0.1) is 0 Å². The van der Waals surface area contributed by atoms with E-state index in [0.717, 1.165) is 6.42 Å². The summed E-state index contributed by atoms with van der Waals surface area (Å²) in [6.45, 7) is 19.0. The number of H-pyrrole nitrogens is 1. The van der Waals surface area contributed by atoms with Crippen LogP contribution in [0.2, 0.25) is 39.3 Å². The largest absolute Gasteiger partial charge is 1.00 e. The summed E-state index contributed by atoms with van der Waals surface area (Å²) < 4.78 is 2.33. The van der Waals surface area contributed by atoms with Crippen LogP contribution in [0.4, 0.5) is 0 Å². The van der Waals surface area contributed by atoms with E-state index in [9.17, 15) is 0 Å². The molecule has 0 aliphatic carbocycles. The molecule has 2 rings (SSSR count). The standard InChI is InChI=1S/C7H13NSi.C4H5N.C4H9.C3H9ClSi.2CH4.Li/c1-9(2,3)8-6-4-5-7-8;1-2-4-5-3-1;1-3-4-2;1-5(2,3)4;;;/h4-7H,1-3H3;1-5H;1,3-4H2,2H3;1-3H3;2*1H4;/q;;-1;;;;+1. The van der Waals surface area contributed by atoms with Gasteiger partial charge in [-0.15, -0.1) is 0 Å². The Morgan fingerprint density at radius 1 is 0.885 bits per heavy atom. The molecule has 0 atom stereocenters. The van der Waals surface area contributed by atoms with Crippen molar-refractivity contribution in [3.8, 4) is 0 Å². The van der Waals surface area contributed by atoms with Crippen LogP contribution in [0.1, 0.15) is 34.6 Å². The van der Waals surface area contributed by atoms with Gasteiger partial charge in [0.25, 0.3) is 0 Å². The first-order valence-corrected chi connectivity index (χ1v) is 16.2. The van der Waals surface area contributed by atoms with Crippen LogP contribution in [0.25, 0.3) is 0 Å². The van der Waals surface area contributed by atoms with Crippen molar-refractivity contribution in [2.24, 2.45) is 0 Å². The molecule has 2 aromatic rings. The number of halogens is 1. The van der Waals surface area contributed by atoms with Crippen molar-refractivity contribution in [1.82, 2.24) is 9.22 Å². The minimum Gasteiger partial charge on any atom is -0.381 e. The maximum Gasteiger partial charge on any atom is 1.00 e. The first-order chi connectivity index (χ1) is 10.5. The van der Waals surface area contributed by atoms with Gasteiger partial charge in [-0.25, -0.2) is 0 Å². The van der Waals surface area contributed by atoms with Crippen LogP contribution < -0.4 is 18.9 Å². The molecule has 0 aromatic carbocycles. The fourth-order valence-corrected chi connectivity index (χ4v) is 2.13. The number of rotatable bonds is 2. The van der Waals surface area contributed by atoms with Crippen molar-refractivity contribution in [1.29, 1.82) is 0 Å². The zero-order valence-corrected chi connectivity index (χ0v) is 19.8. The summed E-state index contributed by atoms with van der Waals surface area (Å²) in [5.41, 5.74) is 0. The molecule has 0 aliphatic rings. The van der Waals surface area contributed by atoms with E-state index in [4.69, 9.17) is 11.1 Å². The molecule has 2 heterocycles. The molecule has 0 spiro atoms. The van der Waals surface area contributed by atoms with E-state index in [2.05, 4.69) is 86.9 Å². The van der Waals surface area contributed by atoms with Crippen molar-refractivity contribution in [2.45, 2.75) is 73.9 Å². The molecule has 0 unspecified atom stereocenters. The Hall–Kier alpha value is -0.119. The Kier molecular flexibility index (Phi) is 29.9. The zero-order chi connectivity index (χ0) is 18.4. The minimum atomic E-state index is -1.14. The van der Waals surface area contributed by atoms with E-state index >= 15 is 0 Å². The number of aromatic amines is 1. The molecule has 2 aromatic heterocycles. The molecule has 26 heavy (non-hydrogen) atoms. The van der Waals surface area contributed by atoms with E-state index in [-0.39, 0.29) is 33.7 Å². The number of nitrogens with one attached hydrogen (secondary N) is 1. The van der Waals surface area contributed by atoms with Gasteiger partial charge < -0.3 is 16.1 Å². The fourth-order valence-electron chi connectivity index (χ4n) is 1.06. The summed E-state index contributed by atoms with van der Waals surface area (Å²) in [7, 11) is -2.20. The minimum absolute atomic E-state index is 0. The number of nitrogens with zero attached hydrogens (tertiary/aromatic N) is 1. The summed E-state index contributed by atoms with van der Waals surface area (Å²) in [6.07, 6.45) is 10.3. The maximum absolute atomic E-state index is 5.67. The second kappa shape index (κ2) is 21.2. The summed E-state index contributed by atoms with van der Waals surface area (Å²) in [6, 6.07) is 8.05. The summed E-state index contributed by atoms with van der Waals surface area (Å²) in [4.78, 5) is 2.86. The predicted molar refractivity (Wildman–Crippen MR) is 127 cm³/mol. The summed E-state index contributed by atoms with van der Waals surface area (Å²) in [5.74, 6) is 0. The average Bonchev–Trinajstić information content (AvgIpc) is 3.11. The van der Waals surface area contributed by atoms with Gasteiger partial charge >= 0.3 is 18.9 Å². The quantitative estimate of drug-likeness (QED) is 0.401. The van der Waals surface area contributed by atoms with Crippen molar-refractivity contribution >= 4 is 26.7 Å². The third-order valence-corrected chi connectivity index (χ3v) is 4.08. The van der Waals surface area contributed by atoms with E-state index in [1.165, 1.54) is 6.42 Å². The van der Waals surface area contributed by atoms with Crippen LogP contribution in [-0.4, -0.2) is 24.8 Å². The third kappa shape index (κ3) is 35.1. The van der Waals surface area contributed by atoms with Gasteiger partial charge in [0, 0.05) is 12.4 Å². The first-order valence-electron chi connectivity index (χ1n) is 8.21. The second-order valence-corrected chi connectivity index (χ2v) is 19.5. The fraction of sp³-hybridized carbons (Fsp3) is 0.550. The van der Waals surface area contributed by atoms with Gasteiger partial charge in [0.2, 0.25) is 0 Å². The molecule has 0 saturated carbocycles. The zero-order valence-electron chi connectivity index (χ0n) is 17.1. The molecular weight excluding hydrogens is 367 g/mol. The Labute approximate surface area is 184 Å². The van der Waals surface area contributed by atoms with Gasteiger partial charge in [0.1, 0.15) is 7.38 Å².